The summed E-state index contributed by atoms with van der Waals surface area (Å²) in [4.78, 5) is 86.5. The van der Waals surface area contributed by atoms with Crippen molar-refractivity contribution in [2.45, 2.75) is 77.6 Å². The lowest BCUT2D eigenvalue weighted by atomic mass is 9.85. The first kappa shape index (κ1) is 50.8. The number of aliphatic hydroxyl groups excluding tert-OH is 1. The lowest BCUT2D eigenvalue weighted by Gasteiger charge is -2.35. The zero-order valence-electron chi connectivity index (χ0n) is 41.2. The van der Waals surface area contributed by atoms with Crippen LogP contribution in [-0.4, -0.2) is 156 Å². The molecule has 1 aliphatic carbocycles. The number of thiazole rings is 1. The predicted molar refractivity (Wildman–Crippen MR) is 270 cm³/mol. The molecular weight excluding hydrogens is 958 g/mol. The van der Waals surface area contributed by atoms with Crippen LogP contribution in [0.5, 0.6) is 0 Å². The normalized spacial score (nSPS) is 17.7. The van der Waals surface area contributed by atoms with Gasteiger partial charge in [-0.05, 0) is 54.5 Å². The van der Waals surface area contributed by atoms with E-state index in [1.54, 1.807) is 67.2 Å². The lowest BCUT2D eigenvalue weighted by molar-refractivity contribution is -0.144. The Morgan fingerprint density at radius 2 is 1.75 bits per heavy atom. The molecule has 3 fully saturated rings. The highest BCUT2D eigenvalue weighted by atomic mass is 32.1. The summed E-state index contributed by atoms with van der Waals surface area (Å²) >= 11 is 1.56. The van der Waals surface area contributed by atoms with Crippen LogP contribution in [-0.2, 0) is 30.5 Å². The number of aryl methyl sites for hydroxylation is 1. The third-order valence-corrected chi connectivity index (χ3v) is 14.3. The summed E-state index contributed by atoms with van der Waals surface area (Å²) in [5, 5.41) is 29.0. The Labute approximate surface area is 425 Å². The van der Waals surface area contributed by atoms with Crippen molar-refractivity contribution in [1.82, 2.24) is 60.2 Å². The Bertz CT molecular complexity index is 2960. The van der Waals surface area contributed by atoms with Gasteiger partial charge in [-0.3, -0.25) is 38.4 Å². The molecule has 6 heterocycles. The SMILES string of the molecule is Cc1ncsc1-c1ccc(CNC(=O)[C@@H]2C[C@@H](O)CN2C(=O)[C@@H](NC(=O)COCCNC(=O)CN2CCN(C(=O)c3ccc(Nc4nc(C5CC5)cn5c(-c6cn[nH]c6)cnc45)c(F)c3)CC2)C(C)(C)C)cc1. The molecule has 384 valence electrons. The fourth-order valence-electron chi connectivity index (χ4n) is 9.11. The number of hydrogen-bond donors (Lipinski definition) is 6. The van der Waals surface area contributed by atoms with Gasteiger partial charge in [-0.2, -0.15) is 5.10 Å². The van der Waals surface area contributed by atoms with Crippen molar-refractivity contribution in [3.05, 3.63) is 101 Å². The number of aromatic amines is 1. The topological polar surface area (TPSA) is 244 Å². The van der Waals surface area contributed by atoms with Gasteiger partial charge >= 0.3 is 0 Å². The van der Waals surface area contributed by atoms with Crippen LogP contribution in [0, 0.1) is 18.2 Å². The first-order valence-electron chi connectivity index (χ1n) is 24.4. The maximum Gasteiger partial charge on any atom is 0.254 e. The van der Waals surface area contributed by atoms with Crippen LogP contribution in [0.1, 0.15) is 73.3 Å². The van der Waals surface area contributed by atoms with Crippen molar-refractivity contribution in [3.8, 4) is 21.7 Å². The van der Waals surface area contributed by atoms with Crippen molar-refractivity contribution >= 4 is 58.0 Å². The minimum atomic E-state index is -1.03. The number of fused-ring (bicyclic) bond motifs is 1. The second-order valence-corrected chi connectivity index (χ2v) is 20.7. The van der Waals surface area contributed by atoms with Crippen LogP contribution in [0.2, 0.25) is 0 Å². The summed E-state index contributed by atoms with van der Waals surface area (Å²) in [7, 11) is 0. The number of benzene rings is 2. The molecule has 0 bridgehead atoms. The highest BCUT2D eigenvalue weighted by Gasteiger charge is 2.44. The lowest BCUT2D eigenvalue weighted by Crippen LogP contribution is -2.58. The zero-order valence-corrected chi connectivity index (χ0v) is 42.0. The van der Waals surface area contributed by atoms with Gasteiger partial charge < -0.3 is 40.9 Å². The number of likely N-dealkylation sites (tertiary alicyclic amines) is 1. The number of halogens is 1. The van der Waals surface area contributed by atoms with E-state index in [4.69, 9.17) is 9.72 Å². The molecule has 73 heavy (non-hydrogen) atoms. The van der Waals surface area contributed by atoms with Crippen LogP contribution in [0.4, 0.5) is 15.9 Å². The molecule has 2 saturated heterocycles. The number of nitrogens with zero attached hydrogens (tertiary/aromatic N) is 8. The van der Waals surface area contributed by atoms with Gasteiger partial charge in [-0.1, -0.05) is 45.0 Å². The van der Waals surface area contributed by atoms with Crippen molar-refractivity contribution in [2.75, 3.05) is 64.3 Å². The highest BCUT2D eigenvalue weighted by Crippen LogP contribution is 2.41. The Balaban J connectivity index is 0.688. The number of hydrogen-bond acceptors (Lipinski definition) is 14. The smallest absolute Gasteiger partial charge is 0.254 e. The minimum absolute atomic E-state index is 0.0265. The molecule has 5 amide bonds. The molecule has 20 nitrogen and oxygen atoms in total. The van der Waals surface area contributed by atoms with Crippen LogP contribution in [0.3, 0.4) is 0 Å². The molecule has 9 rings (SSSR count). The van der Waals surface area contributed by atoms with Crippen LogP contribution in [0.15, 0.2) is 72.8 Å². The fraction of sp³-hybridized carbons (Fsp3) is 0.431. The number of aliphatic hydroxyl groups is 1. The maximum atomic E-state index is 15.7. The minimum Gasteiger partial charge on any atom is -0.391 e. The summed E-state index contributed by atoms with van der Waals surface area (Å²) in [5.74, 6) is -1.90. The molecule has 3 aliphatic rings. The summed E-state index contributed by atoms with van der Waals surface area (Å²) in [6.45, 7) is 8.94. The third-order valence-electron chi connectivity index (χ3n) is 13.3. The Hall–Kier alpha value is -7.14. The van der Waals surface area contributed by atoms with Gasteiger partial charge in [0.1, 0.15) is 24.5 Å². The monoisotopic (exact) mass is 1020 g/mol. The average Bonchev–Trinajstić information content (AvgIpc) is 3.68. The van der Waals surface area contributed by atoms with Crippen molar-refractivity contribution in [1.29, 1.82) is 0 Å². The van der Waals surface area contributed by atoms with E-state index in [-0.39, 0.29) is 68.9 Å². The number of imidazole rings is 1. The standard InChI is InChI=1S/C51H60FN13O7S/c1-30-44(73-29-56-30)33-7-5-31(6-8-33)21-55-48(69)40-20-36(66)25-65(40)50(71)45(51(2,3)4)61-43(68)28-72-18-13-53-42(67)27-62-14-16-63(17-15-62)49(70)34-11-12-38(37(52)19-34)59-46-47-54-24-41(35-22-57-58-23-35)64(47)26-39(60-46)32-9-10-32/h5-8,11-12,19,22-24,26,29,32,36,40,45,66H,9-10,13-18,20-21,25,27-28H2,1-4H3,(H,53,67)(H,55,69)(H,57,58)(H,59,60)(H,61,68)/t36-,40+,45-/m1/s1. The maximum absolute atomic E-state index is 15.7. The summed E-state index contributed by atoms with van der Waals surface area (Å²) in [5.41, 5.74) is 7.35. The van der Waals surface area contributed by atoms with E-state index in [9.17, 15) is 29.1 Å². The van der Waals surface area contributed by atoms with Gasteiger partial charge in [0.25, 0.3) is 5.91 Å². The number of nitrogens with one attached hydrogen (secondary N) is 5. The Morgan fingerprint density at radius 3 is 2.44 bits per heavy atom. The predicted octanol–water partition coefficient (Wildman–Crippen LogP) is 4.01. The number of piperazine rings is 1. The first-order valence-corrected chi connectivity index (χ1v) is 25.3. The Morgan fingerprint density at radius 1 is 0.973 bits per heavy atom. The van der Waals surface area contributed by atoms with Gasteiger partial charge in [0.2, 0.25) is 23.6 Å². The molecule has 22 heteroatoms. The van der Waals surface area contributed by atoms with E-state index in [0.29, 0.717) is 43.6 Å². The van der Waals surface area contributed by atoms with Crippen LogP contribution < -0.4 is 21.3 Å². The van der Waals surface area contributed by atoms with E-state index in [1.165, 1.54) is 17.0 Å². The molecule has 6 aromatic rings. The number of amides is 5. The molecule has 3 atom stereocenters. The van der Waals surface area contributed by atoms with Gasteiger partial charge in [0.15, 0.2) is 11.5 Å². The van der Waals surface area contributed by atoms with E-state index < -0.39 is 47.1 Å². The summed E-state index contributed by atoms with van der Waals surface area (Å²) in [6.07, 6.45) is 8.39. The molecule has 4 aromatic heterocycles. The number of aromatic nitrogens is 6. The van der Waals surface area contributed by atoms with Crippen molar-refractivity contribution < 1.29 is 38.2 Å². The van der Waals surface area contributed by atoms with E-state index in [0.717, 1.165) is 51.5 Å². The second kappa shape index (κ2) is 21.9. The second-order valence-electron chi connectivity index (χ2n) is 19.8. The number of rotatable bonds is 18. The molecule has 0 unspecified atom stereocenters. The molecule has 2 aromatic carbocycles. The van der Waals surface area contributed by atoms with Crippen LogP contribution >= 0.6 is 11.3 Å². The number of β-amino-alcohol motifs (C(OH)–C–C–N with tert-alkyl or cyclic N) is 1. The number of carbonyl (C=O) groups is 5. The zero-order chi connectivity index (χ0) is 51.4. The van der Waals surface area contributed by atoms with E-state index in [2.05, 4.69) is 41.4 Å². The van der Waals surface area contributed by atoms with Gasteiger partial charge in [-0.25, -0.2) is 19.3 Å². The molecule has 2 aliphatic heterocycles. The average molecular weight is 1020 g/mol. The van der Waals surface area contributed by atoms with Crippen molar-refractivity contribution in [2.24, 2.45) is 5.41 Å². The Kier molecular flexibility index (Phi) is 15.2. The molecule has 6 N–H and O–H groups in total. The fourth-order valence-corrected chi connectivity index (χ4v) is 9.92. The number of carbonyl (C=O) groups excluding carboxylic acids is 5. The highest BCUT2D eigenvalue weighted by molar-refractivity contribution is 7.13. The number of anilines is 2. The third kappa shape index (κ3) is 12.0. The number of ether oxygens (including phenoxy) is 1. The van der Waals surface area contributed by atoms with Gasteiger partial charge in [-0.15, -0.1) is 11.3 Å². The summed E-state index contributed by atoms with van der Waals surface area (Å²) < 4.78 is 23.1. The number of H-pyrrole nitrogens is 1. The van der Waals surface area contributed by atoms with Gasteiger partial charge in [0.05, 0.1) is 64.8 Å². The first-order chi connectivity index (χ1) is 35.1. The molecular formula is C51H60FN13O7S. The van der Waals surface area contributed by atoms with E-state index in [1.807, 2.05) is 46.7 Å². The largest absolute Gasteiger partial charge is 0.391 e. The summed E-state index contributed by atoms with van der Waals surface area (Å²) in [6, 6.07) is 10.2. The molecule has 1 saturated carbocycles. The van der Waals surface area contributed by atoms with Crippen LogP contribution in [0.25, 0.3) is 27.3 Å². The molecule has 0 radical (unpaired) electrons. The van der Waals surface area contributed by atoms with Gasteiger partial charge in [0, 0.05) is 81.7 Å². The molecule has 0 spiro atoms. The van der Waals surface area contributed by atoms with E-state index >= 15 is 4.39 Å². The van der Waals surface area contributed by atoms with Crippen molar-refractivity contribution in [3.63, 3.8) is 0 Å². The quantitative estimate of drug-likeness (QED) is 0.0668.